The van der Waals surface area contributed by atoms with Gasteiger partial charge in [0, 0.05) is 29.8 Å². The van der Waals surface area contributed by atoms with Crippen molar-refractivity contribution in [2.45, 2.75) is 77.4 Å². The minimum absolute atomic E-state index is 0.00414. The van der Waals surface area contributed by atoms with E-state index in [1.807, 2.05) is 25.7 Å². The van der Waals surface area contributed by atoms with Gasteiger partial charge in [0.05, 0.1) is 11.7 Å². The Labute approximate surface area is 189 Å². The topological polar surface area (TPSA) is 78.6 Å². The fourth-order valence-corrected chi connectivity index (χ4v) is 4.16. The number of aliphatic hydroxyl groups excluding tert-OH is 1. The number of rotatable bonds is 7. The number of hydrogen-bond donors (Lipinski definition) is 2. The summed E-state index contributed by atoms with van der Waals surface area (Å²) in [6, 6.07) is 2.40. The van der Waals surface area contributed by atoms with Gasteiger partial charge >= 0.3 is 6.18 Å². The van der Waals surface area contributed by atoms with Crippen LogP contribution in [0.25, 0.3) is 11.3 Å². The summed E-state index contributed by atoms with van der Waals surface area (Å²) in [6.45, 7) is 6.76. The summed E-state index contributed by atoms with van der Waals surface area (Å²) in [4.78, 5) is 15.0. The van der Waals surface area contributed by atoms with Gasteiger partial charge in [-0.15, -0.1) is 0 Å². The predicted molar refractivity (Wildman–Crippen MR) is 114 cm³/mol. The predicted octanol–water partition coefficient (Wildman–Crippen LogP) is 4.76. The van der Waals surface area contributed by atoms with Crippen molar-refractivity contribution in [1.82, 2.24) is 15.4 Å². The third kappa shape index (κ3) is 5.92. The molecule has 10 heteroatoms. The van der Waals surface area contributed by atoms with E-state index in [1.54, 1.807) is 0 Å². The quantitative estimate of drug-likeness (QED) is 0.569. The van der Waals surface area contributed by atoms with Crippen LogP contribution in [0.5, 0.6) is 0 Å². The van der Waals surface area contributed by atoms with E-state index in [-0.39, 0.29) is 35.6 Å². The van der Waals surface area contributed by atoms with Crippen molar-refractivity contribution < 1.29 is 32.0 Å². The van der Waals surface area contributed by atoms with Crippen LogP contribution in [0.1, 0.15) is 68.1 Å². The second kappa shape index (κ2) is 10.2. The van der Waals surface area contributed by atoms with Crippen molar-refractivity contribution in [3.05, 3.63) is 40.8 Å². The van der Waals surface area contributed by atoms with Crippen molar-refractivity contribution in [2.24, 2.45) is 0 Å². The molecule has 3 rings (SSSR count). The highest BCUT2D eigenvalue weighted by Crippen LogP contribution is 2.35. The summed E-state index contributed by atoms with van der Waals surface area (Å²) in [6.07, 6.45) is -2.68. The first kappa shape index (κ1) is 25.2. The SMILES string of the molecule is CCN(Cc1c(C(=O)N[C@H]2CCC[C@@H](O)C2)noc1-c1ccc(C(F)(F)F)c(F)c1)C(C)C. The van der Waals surface area contributed by atoms with Crippen LogP contribution in [0.2, 0.25) is 0 Å². The molecule has 1 heterocycles. The standard InChI is InChI=1S/C23H29F4N3O3/c1-4-30(13(2)3)12-17-20(22(32)28-15-6-5-7-16(31)11-15)29-33-21(17)14-8-9-18(19(24)10-14)23(25,26)27/h8-10,13,15-16,31H,4-7,11-12H2,1-3H3,(H,28,32)/t15-,16+/m0/s1. The van der Waals surface area contributed by atoms with E-state index < -0.39 is 29.6 Å². The van der Waals surface area contributed by atoms with Crippen molar-refractivity contribution in [1.29, 1.82) is 0 Å². The molecule has 1 fully saturated rings. The molecule has 0 bridgehead atoms. The molecular weight excluding hydrogens is 442 g/mol. The van der Waals surface area contributed by atoms with Gasteiger partial charge in [0.1, 0.15) is 5.82 Å². The molecule has 1 aromatic carbocycles. The lowest BCUT2D eigenvalue weighted by atomic mass is 9.93. The Morgan fingerprint density at radius 1 is 1.33 bits per heavy atom. The number of alkyl halides is 3. The highest BCUT2D eigenvalue weighted by molar-refractivity contribution is 5.95. The molecule has 1 saturated carbocycles. The number of hydrogen-bond acceptors (Lipinski definition) is 5. The Morgan fingerprint density at radius 2 is 2.06 bits per heavy atom. The third-order valence-corrected chi connectivity index (χ3v) is 6.02. The summed E-state index contributed by atoms with van der Waals surface area (Å²) in [5.41, 5.74) is -0.934. The molecule has 0 unspecified atom stereocenters. The number of benzene rings is 1. The molecule has 1 aromatic heterocycles. The number of carbonyl (C=O) groups excluding carboxylic acids is 1. The Morgan fingerprint density at radius 3 is 2.64 bits per heavy atom. The molecule has 0 aliphatic heterocycles. The van der Waals surface area contributed by atoms with Gasteiger partial charge in [-0.05, 0) is 58.2 Å². The zero-order valence-electron chi connectivity index (χ0n) is 18.9. The lowest BCUT2D eigenvalue weighted by Crippen LogP contribution is -2.40. The van der Waals surface area contributed by atoms with Gasteiger partial charge in [0.25, 0.3) is 5.91 Å². The van der Waals surface area contributed by atoms with E-state index >= 15 is 0 Å². The van der Waals surface area contributed by atoms with Crippen LogP contribution in [0, 0.1) is 5.82 Å². The first-order valence-corrected chi connectivity index (χ1v) is 11.1. The van der Waals surface area contributed by atoms with Gasteiger partial charge in [-0.3, -0.25) is 9.69 Å². The number of amides is 1. The van der Waals surface area contributed by atoms with Gasteiger partial charge in [-0.25, -0.2) is 4.39 Å². The number of carbonyl (C=O) groups is 1. The molecule has 6 nitrogen and oxygen atoms in total. The minimum atomic E-state index is -4.82. The van der Waals surface area contributed by atoms with Crippen LogP contribution >= 0.6 is 0 Å². The average molecular weight is 471 g/mol. The second-order valence-corrected chi connectivity index (χ2v) is 8.68. The average Bonchev–Trinajstić information content (AvgIpc) is 3.14. The van der Waals surface area contributed by atoms with E-state index in [0.717, 1.165) is 25.0 Å². The first-order chi connectivity index (χ1) is 15.5. The van der Waals surface area contributed by atoms with E-state index in [9.17, 15) is 27.5 Å². The molecule has 0 spiro atoms. The van der Waals surface area contributed by atoms with Gasteiger partial charge in [-0.1, -0.05) is 18.1 Å². The summed E-state index contributed by atoms with van der Waals surface area (Å²) >= 11 is 0. The van der Waals surface area contributed by atoms with E-state index in [2.05, 4.69) is 10.5 Å². The number of halogens is 4. The van der Waals surface area contributed by atoms with E-state index in [4.69, 9.17) is 4.52 Å². The lowest BCUT2D eigenvalue weighted by Gasteiger charge is -2.27. The highest BCUT2D eigenvalue weighted by Gasteiger charge is 2.35. The third-order valence-electron chi connectivity index (χ3n) is 6.02. The van der Waals surface area contributed by atoms with Crippen LogP contribution in [0.15, 0.2) is 22.7 Å². The van der Waals surface area contributed by atoms with Crippen molar-refractivity contribution in [3.63, 3.8) is 0 Å². The minimum Gasteiger partial charge on any atom is -0.393 e. The van der Waals surface area contributed by atoms with Gasteiger partial charge in [0.15, 0.2) is 11.5 Å². The molecule has 33 heavy (non-hydrogen) atoms. The van der Waals surface area contributed by atoms with Crippen LogP contribution in [-0.2, 0) is 12.7 Å². The van der Waals surface area contributed by atoms with Crippen LogP contribution in [0.4, 0.5) is 17.6 Å². The molecule has 2 N–H and O–H groups in total. The summed E-state index contributed by atoms with van der Waals surface area (Å²) in [5, 5.41) is 16.7. The van der Waals surface area contributed by atoms with Gasteiger partial charge in [-0.2, -0.15) is 13.2 Å². The summed E-state index contributed by atoms with van der Waals surface area (Å²) in [5.74, 6) is -1.87. The maximum atomic E-state index is 14.2. The van der Waals surface area contributed by atoms with Crippen LogP contribution < -0.4 is 5.32 Å². The fourth-order valence-electron chi connectivity index (χ4n) is 4.16. The number of nitrogens with zero attached hydrogens (tertiary/aromatic N) is 2. The number of nitrogens with one attached hydrogen (secondary N) is 1. The first-order valence-electron chi connectivity index (χ1n) is 11.1. The molecule has 1 aliphatic rings. The Hall–Kier alpha value is -2.46. The number of aromatic nitrogens is 1. The molecular formula is C23H29F4N3O3. The highest BCUT2D eigenvalue weighted by atomic mass is 19.4. The fraction of sp³-hybridized carbons (Fsp3) is 0.565. The zero-order chi connectivity index (χ0) is 24.3. The normalized spacial score (nSPS) is 19.3. The second-order valence-electron chi connectivity index (χ2n) is 8.68. The molecule has 1 aliphatic carbocycles. The molecule has 1 amide bonds. The monoisotopic (exact) mass is 471 g/mol. The largest absolute Gasteiger partial charge is 0.419 e. The van der Waals surface area contributed by atoms with Gasteiger partial charge in [0.2, 0.25) is 0 Å². The maximum absolute atomic E-state index is 14.2. The molecule has 2 aromatic rings. The van der Waals surface area contributed by atoms with Crippen molar-refractivity contribution in [3.8, 4) is 11.3 Å². The molecule has 0 saturated heterocycles. The summed E-state index contributed by atoms with van der Waals surface area (Å²) in [7, 11) is 0. The Balaban J connectivity index is 1.98. The zero-order valence-corrected chi connectivity index (χ0v) is 18.9. The molecule has 0 radical (unpaired) electrons. The van der Waals surface area contributed by atoms with Crippen LogP contribution in [0.3, 0.4) is 0 Å². The van der Waals surface area contributed by atoms with E-state index in [0.29, 0.717) is 31.0 Å². The van der Waals surface area contributed by atoms with Gasteiger partial charge < -0.3 is 14.9 Å². The van der Waals surface area contributed by atoms with Crippen LogP contribution in [-0.4, -0.2) is 45.8 Å². The Bertz CT molecular complexity index is 974. The Kier molecular flexibility index (Phi) is 7.79. The summed E-state index contributed by atoms with van der Waals surface area (Å²) < 4.78 is 58.5. The molecule has 182 valence electrons. The maximum Gasteiger partial charge on any atom is 0.419 e. The number of aliphatic hydroxyl groups is 1. The van der Waals surface area contributed by atoms with Crippen molar-refractivity contribution in [2.75, 3.05) is 6.54 Å². The van der Waals surface area contributed by atoms with E-state index in [1.165, 1.54) is 0 Å². The smallest absolute Gasteiger partial charge is 0.393 e. The molecule has 2 atom stereocenters. The van der Waals surface area contributed by atoms with Crippen molar-refractivity contribution >= 4 is 5.91 Å². The lowest BCUT2D eigenvalue weighted by molar-refractivity contribution is -0.139.